The van der Waals surface area contributed by atoms with E-state index in [9.17, 15) is 12.6 Å². The molecule has 0 aliphatic carbocycles. The normalized spacial score (nSPS) is 14.1. The number of rotatable bonds is 4. The maximum Gasteiger partial charge on any atom is 0.269 e. The number of hydrogen-bond acceptors (Lipinski definition) is 5. The van der Waals surface area contributed by atoms with E-state index in [-0.39, 0.29) is 10.5 Å². The largest absolute Gasteiger partial charge is 0.269 e. The van der Waals surface area contributed by atoms with Gasteiger partial charge in [0, 0.05) is 6.20 Å². The van der Waals surface area contributed by atoms with Gasteiger partial charge in [0.25, 0.3) is 10.0 Å². The fourth-order valence-corrected chi connectivity index (χ4v) is 4.06. The molecule has 0 N–H and O–H groups in total. The first-order valence-corrected chi connectivity index (χ1v) is 10.8. The lowest BCUT2D eigenvalue weighted by atomic mass is 10.2. The van der Waals surface area contributed by atoms with Crippen LogP contribution in [-0.2, 0) is 21.0 Å². The highest BCUT2D eigenvalue weighted by atomic mass is 32.2. The maximum atomic E-state index is 12.9. The lowest BCUT2D eigenvalue weighted by Gasteiger charge is -2.12. The van der Waals surface area contributed by atoms with Gasteiger partial charge in [-0.15, -0.1) is 0 Å². The van der Waals surface area contributed by atoms with Gasteiger partial charge in [-0.05, 0) is 45.9 Å². The van der Waals surface area contributed by atoms with Crippen LogP contribution in [0.2, 0.25) is 0 Å². The second kappa shape index (κ2) is 6.97. The van der Waals surface area contributed by atoms with Crippen LogP contribution >= 0.6 is 0 Å². The van der Waals surface area contributed by atoms with Crippen molar-refractivity contribution in [1.82, 2.24) is 13.9 Å². The lowest BCUT2D eigenvalue weighted by molar-refractivity contribution is 0.588. The SMILES string of the molecule is Cc1ccc(S(=O)(=O)n2ccc3nc(C=N[S@](=O)C(C)(C)C)cnc32)cc1. The molecule has 0 aliphatic rings. The number of benzene rings is 1. The fraction of sp³-hybridized carbons (Fsp3) is 0.278. The molecule has 0 saturated heterocycles. The van der Waals surface area contributed by atoms with Crippen LogP contribution in [0.25, 0.3) is 11.2 Å². The van der Waals surface area contributed by atoms with Gasteiger partial charge in [0.05, 0.1) is 22.1 Å². The van der Waals surface area contributed by atoms with Crippen molar-refractivity contribution in [2.45, 2.75) is 37.3 Å². The van der Waals surface area contributed by atoms with Crippen molar-refractivity contribution in [3.05, 3.63) is 54.0 Å². The molecule has 27 heavy (non-hydrogen) atoms. The van der Waals surface area contributed by atoms with Gasteiger partial charge in [-0.3, -0.25) is 0 Å². The van der Waals surface area contributed by atoms with Gasteiger partial charge < -0.3 is 0 Å². The molecule has 0 amide bonds. The van der Waals surface area contributed by atoms with Crippen LogP contribution in [0.3, 0.4) is 0 Å². The molecule has 0 saturated carbocycles. The van der Waals surface area contributed by atoms with Gasteiger partial charge in [-0.25, -0.2) is 26.6 Å². The molecule has 9 heteroatoms. The third-order valence-electron chi connectivity index (χ3n) is 3.76. The molecule has 0 spiro atoms. The molecule has 2 aromatic heterocycles. The summed E-state index contributed by atoms with van der Waals surface area (Å²) >= 11 is 0. The first-order valence-electron chi connectivity index (χ1n) is 8.21. The Morgan fingerprint density at radius 2 is 1.81 bits per heavy atom. The van der Waals surface area contributed by atoms with Crippen molar-refractivity contribution in [1.29, 1.82) is 0 Å². The molecule has 7 nitrogen and oxygen atoms in total. The van der Waals surface area contributed by atoms with Crippen molar-refractivity contribution in [2.75, 3.05) is 0 Å². The zero-order chi connectivity index (χ0) is 19.8. The monoisotopic (exact) mass is 404 g/mol. The van der Waals surface area contributed by atoms with E-state index in [0.717, 1.165) is 9.54 Å². The van der Waals surface area contributed by atoms with Crippen LogP contribution in [0.15, 0.2) is 52.0 Å². The third-order valence-corrected chi connectivity index (χ3v) is 6.78. The molecule has 1 atom stereocenters. The van der Waals surface area contributed by atoms with Crippen molar-refractivity contribution < 1.29 is 12.6 Å². The van der Waals surface area contributed by atoms with Gasteiger partial charge >= 0.3 is 0 Å². The average Bonchev–Trinajstić information content (AvgIpc) is 3.03. The number of hydrogen-bond donors (Lipinski definition) is 0. The van der Waals surface area contributed by atoms with Crippen molar-refractivity contribution in [2.24, 2.45) is 4.40 Å². The highest BCUT2D eigenvalue weighted by molar-refractivity contribution is 7.90. The first kappa shape index (κ1) is 19.4. The molecular weight excluding hydrogens is 384 g/mol. The minimum Gasteiger partial charge on any atom is -0.242 e. The van der Waals surface area contributed by atoms with Gasteiger partial charge in [-0.2, -0.15) is 4.40 Å². The Hall–Kier alpha value is -2.39. The molecule has 0 aliphatic heterocycles. The minimum atomic E-state index is -3.77. The average molecular weight is 405 g/mol. The molecule has 0 unspecified atom stereocenters. The van der Waals surface area contributed by atoms with E-state index in [1.165, 1.54) is 18.6 Å². The predicted octanol–water partition coefficient (Wildman–Crippen LogP) is 2.86. The summed E-state index contributed by atoms with van der Waals surface area (Å²) in [5.74, 6) is 0. The summed E-state index contributed by atoms with van der Waals surface area (Å²) < 4.78 is 42.4. The van der Waals surface area contributed by atoms with Crippen LogP contribution in [-0.4, -0.2) is 37.5 Å². The Bertz CT molecular complexity index is 1140. The summed E-state index contributed by atoms with van der Waals surface area (Å²) in [5.41, 5.74) is 2.02. The molecule has 3 rings (SSSR count). The van der Waals surface area contributed by atoms with Crippen molar-refractivity contribution in [3.8, 4) is 0 Å². The van der Waals surface area contributed by atoms with E-state index in [1.807, 2.05) is 27.7 Å². The van der Waals surface area contributed by atoms with Crippen molar-refractivity contribution in [3.63, 3.8) is 0 Å². The zero-order valence-electron chi connectivity index (χ0n) is 15.4. The van der Waals surface area contributed by atoms with Crippen LogP contribution in [0.1, 0.15) is 32.0 Å². The smallest absolute Gasteiger partial charge is 0.242 e. The standard InChI is InChI=1S/C18H20N4O3S2/c1-13-5-7-15(8-6-13)27(24,25)22-10-9-16-17(22)19-11-14(21-16)12-20-26(23)18(2,3)4/h5-12H,1-4H3/t26-/m1/s1. The Kier molecular flexibility index (Phi) is 5.00. The van der Waals surface area contributed by atoms with E-state index in [2.05, 4.69) is 14.4 Å². The van der Waals surface area contributed by atoms with Crippen LogP contribution in [0.5, 0.6) is 0 Å². The summed E-state index contributed by atoms with van der Waals surface area (Å²) in [7, 11) is -5.17. The summed E-state index contributed by atoms with van der Waals surface area (Å²) in [6.07, 6.45) is 4.22. The topological polar surface area (TPSA) is 94.3 Å². The lowest BCUT2D eigenvalue weighted by Crippen LogP contribution is -2.19. The van der Waals surface area contributed by atoms with E-state index in [1.54, 1.807) is 30.3 Å². The predicted molar refractivity (Wildman–Crippen MR) is 107 cm³/mol. The zero-order valence-corrected chi connectivity index (χ0v) is 17.1. The van der Waals surface area contributed by atoms with Crippen LogP contribution in [0.4, 0.5) is 0 Å². The molecular formula is C18H20N4O3S2. The third kappa shape index (κ3) is 3.98. The van der Waals surface area contributed by atoms with Gasteiger partial charge in [-0.1, -0.05) is 17.7 Å². The first-order chi connectivity index (χ1) is 12.6. The highest BCUT2D eigenvalue weighted by Crippen LogP contribution is 2.20. The van der Waals surface area contributed by atoms with Crippen molar-refractivity contribution >= 4 is 38.4 Å². The molecule has 142 valence electrons. The number of fused-ring (bicyclic) bond motifs is 1. The van der Waals surface area contributed by atoms with Gasteiger partial charge in [0.2, 0.25) is 0 Å². The van der Waals surface area contributed by atoms with E-state index in [4.69, 9.17) is 0 Å². The number of aromatic nitrogens is 3. The fourth-order valence-electron chi connectivity index (χ4n) is 2.24. The minimum absolute atomic E-state index is 0.179. The maximum absolute atomic E-state index is 12.9. The van der Waals surface area contributed by atoms with E-state index in [0.29, 0.717) is 11.2 Å². The summed E-state index contributed by atoms with van der Waals surface area (Å²) in [6.45, 7) is 7.37. The molecule has 2 heterocycles. The Balaban J connectivity index is 1.98. The molecule has 0 fully saturated rings. The molecule has 3 aromatic rings. The second-order valence-electron chi connectivity index (χ2n) is 7.03. The summed E-state index contributed by atoms with van der Waals surface area (Å²) in [6, 6.07) is 8.19. The van der Waals surface area contributed by atoms with E-state index < -0.39 is 25.8 Å². The summed E-state index contributed by atoms with van der Waals surface area (Å²) in [4.78, 5) is 8.74. The highest BCUT2D eigenvalue weighted by Gasteiger charge is 2.21. The molecule has 1 aromatic carbocycles. The Morgan fingerprint density at radius 3 is 2.44 bits per heavy atom. The molecule has 0 bridgehead atoms. The number of nitrogens with zero attached hydrogens (tertiary/aromatic N) is 4. The second-order valence-corrected chi connectivity index (χ2v) is 10.8. The van der Waals surface area contributed by atoms with Gasteiger partial charge in [0.15, 0.2) is 5.65 Å². The van der Waals surface area contributed by atoms with E-state index >= 15 is 0 Å². The van der Waals surface area contributed by atoms with Crippen LogP contribution < -0.4 is 0 Å². The summed E-state index contributed by atoms with van der Waals surface area (Å²) in [5, 5.41) is 0. The quantitative estimate of drug-likeness (QED) is 0.623. The molecule has 0 radical (unpaired) electrons. The Morgan fingerprint density at radius 1 is 1.15 bits per heavy atom. The Labute approximate surface area is 160 Å². The number of aryl methyl sites for hydroxylation is 1. The van der Waals surface area contributed by atoms with Gasteiger partial charge in [0.1, 0.15) is 22.2 Å². The van der Waals surface area contributed by atoms with Crippen LogP contribution in [0, 0.1) is 6.92 Å².